The first-order valence-electron chi connectivity index (χ1n) is 18.3. The van der Waals surface area contributed by atoms with Crippen LogP contribution < -0.4 is 20.7 Å². The number of thiazole rings is 1. The van der Waals surface area contributed by atoms with Gasteiger partial charge in [-0.2, -0.15) is 0 Å². The summed E-state index contributed by atoms with van der Waals surface area (Å²) in [6, 6.07) is 4.65. The summed E-state index contributed by atoms with van der Waals surface area (Å²) in [4.78, 5) is 58.9. The lowest BCUT2D eigenvalue weighted by Gasteiger charge is -2.38. The van der Waals surface area contributed by atoms with Crippen LogP contribution in [0.3, 0.4) is 0 Å². The highest BCUT2D eigenvalue weighted by Gasteiger charge is 2.44. The number of nitrogens with zero attached hydrogens (tertiary/aromatic N) is 2. The largest absolute Gasteiger partial charge is 0.507 e. The van der Waals surface area contributed by atoms with Crippen molar-refractivity contribution in [2.45, 2.75) is 62.9 Å². The zero-order chi connectivity index (χ0) is 38.8. The number of phenolic OH excluding ortho intramolecular Hbond substituents is 2. The second-order valence-corrected chi connectivity index (χ2v) is 14.9. The average molecular weight is 780 g/mol. The molecule has 2 fully saturated rings. The smallest absolute Gasteiger partial charge is 0.242 e. The first-order chi connectivity index (χ1) is 26.6. The topological polar surface area (TPSA) is 207 Å². The van der Waals surface area contributed by atoms with Crippen LogP contribution in [0.1, 0.15) is 85.0 Å². The molecule has 2 amide bonds. The molecule has 0 saturated carbocycles. The second-order valence-electron chi connectivity index (χ2n) is 14.0. The van der Waals surface area contributed by atoms with Crippen LogP contribution in [0.25, 0.3) is 0 Å². The van der Waals surface area contributed by atoms with Gasteiger partial charge < -0.3 is 49.4 Å². The number of hydrogen-bond acceptors (Lipinski definition) is 15. The number of likely N-dealkylation sites (N-methyl/N-ethyl adjacent to an activating group) is 2. The SMILES string of the molecule is CNCC(=O)NCC(=O)N(C)Cc1nc(C2Cc3c(O)c4c(c(O)c3[C@@H](O[C@H]3CC[C@H](O[C@@H]5COCCN5)CO3)C2)C(=O)c2c(OC)cccc2C4=O)cs1. The van der Waals surface area contributed by atoms with Gasteiger partial charge in [0.1, 0.15) is 28.5 Å². The van der Waals surface area contributed by atoms with E-state index in [2.05, 4.69) is 16.0 Å². The molecule has 7 rings (SSSR count). The molecule has 5 atom stereocenters. The van der Waals surface area contributed by atoms with E-state index in [4.69, 9.17) is 28.7 Å². The number of carbonyl (C=O) groups is 4. The van der Waals surface area contributed by atoms with Crippen LogP contribution in [-0.4, -0.2) is 123 Å². The highest BCUT2D eigenvalue weighted by Crippen LogP contribution is 2.53. The molecule has 55 heavy (non-hydrogen) atoms. The number of ether oxygens (including phenoxy) is 5. The average Bonchev–Trinajstić information content (AvgIpc) is 3.66. The summed E-state index contributed by atoms with van der Waals surface area (Å²) in [5.41, 5.74) is 0.702. The van der Waals surface area contributed by atoms with Gasteiger partial charge in [0.05, 0.1) is 81.2 Å². The van der Waals surface area contributed by atoms with Crippen molar-refractivity contribution in [3.8, 4) is 17.2 Å². The Bertz CT molecular complexity index is 1960. The zero-order valence-corrected chi connectivity index (χ0v) is 31.7. The number of morpholine rings is 1. The standard InChI is InChI=1S/C38H45N5O11S/c1-39-13-26(44)41-14-29(45)43(2)15-28-42-23(18-55-28)19-11-22-32(25(12-19)54-30-8-7-20(16-52-30)53-27-17-51-10-9-40-27)38(49)34-33(36(22)47)35(46)21-5-4-6-24(50-3)31(21)37(34)48/h4-6,18-20,25,27,30,39-40,47,49H,7-17H2,1-3H3,(H,41,44)/t19?,20-,25-,27+,30-/m0/s1. The van der Waals surface area contributed by atoms with Crippen LogP contribution in [-0.2, 0) is 41.5 Å². The van der Waals surface area contributed by atoms with Crippen molar-refractivity contribution in [2.75, 3.05) is 60.7 Å². The van der Waals surface area contributed by atoms with E-state index in [1.807, 2.05) is 5.38 Å². The number of methoxy groups -OCH3 is 1. The van der Waals surface area contributed by atoms with Crippen LogP contribution in [0.15, 0.2) is 23.6 Å². The molecular formula is C38H45N5O11S. The maximum Gasteiger partial charge on any atom is 0.242 e. The number of rotatable bonds is 12. The number of carbonyl (C=O) groups excluding carboxylic acids is 4. The molecule has 2 aliphatic heterocycles. The van der Waals surface area contributed by atoms with Gasteiger partial charge in [0.25, 0.3) is 0 Å². The first-order valence-corrected chi connectivity index (χ1v) is 19.2. The summed E-state index contributed by atoms with van der Waals surface area (Å²) in [6.45, 7) is 2.19. The third-order valence-corrected chi connectivity index (χ3v) is 11.2. The normalized spacial score (nSPS) is 23.4. The predicted molar refractivity (Wildman–Crippen MR) is 196 cm³/mol. The van der Waals surface area contributed by atoms with Crippen molar-refractivity contribution in [1.82, 2.24) is 25.8 Å². The Kier molecular flexibility index (Phi) is 11.8. The summed E-state index contributed by atoms with van der Waals surface area (Å²) < 4.78 is 29.8. The van der Waals surface area contributed by atoms with Gasteiger partial charge in [0, 0.05) is 48.0 Å². The zero-order valence-electron chi connectivity index (χ0n) is 30.8. The number of fused-ring (bicyclic) bond motifs is 3. The third kappa shape index (κ3) is 7.96. The molecule has 2 saturated heterocycles. The maximum absolute atomic E-state index is 14.1. The fourth-order valence-electron chi connectivity index (χ4n) is 7.60. The Labute approximate surface area is 321 Å². The molecule has 16 nitrogen and oxygen atoms in total. The Morgan fingerprint density at radius 2 is 1.89 bits per heavy atom. The van der Waals surface area contributed by atoms with E-state index in [0.29, 0.717) is 49.7 Å². The minimum Gasteiger partial charge on any atom is -0.507 e. The molecule has 0 bridgehead atoms. The predicted octanol–water partition coefficient (Wildman–Crippen LogP) is 1.89. The number of aromatic hydroxyl groups is 2. The Balaban J connectivity index is 1.16. The molecule has 0 radical (unpaired) electrons. The van der Waals surface area contributed by atoms with Crippen molar-refractivity contribution in [3.05, 3.63) is 67.7 Å². The highest BCUT2D eigenvalue weighted by atomic mass is 32.1. The lowest BCUT2D eigenvalue weighted by molar-refractivity contribution is -0.228. The number of nitrogens with one attached hydrogen (secondary N) is 3. The van der Waals surface area contributed by atoms with Gasteiger partial charge in [-0.25, -0.2) is 4.98 Å². The monoisotopic (exact) mass is 779 g/mol. The van der Waals surface area contributed by atoms with Crippen LogP contribution in [0.5, 0.6) is 17.2 Å². The van der Waals surface area contributed by atoms with Crippen molar-refractivity contribution in [3.63, 3.8) is 0 Å². The van der Waals surface area contributed by atoms with E-state index in [1.165, 1.54) is 29.4 Å². The van der Waals surface area contributed by atoms with Crippen molar-refractivity contribution in [2.24, 2.45) is 0 Å². The third-order valence-electron chi connectivity index (χ3n) is 10.3. The highest BCUT2D eigenvalue weighted by molar-refractivity contribution is 7.09. The molecule has 294 valence electrons. The van der Waals surface area contributed by atoms with Crippen LogP contribution in [0.2, 0.25) is 0 Å². The molecular weight excluding hydrogens is 735 g/mol. The van der Waals surface area contributed by atoms with E-state index < -0.39 is 35.5 Å². The van der Waals surface area contributed by atoms with E-state index >= 15 is 0 Å². The molecule has 2 aromatic carbocycles. The summed E-state index contributed by atoms with van der Waals surface area (Å²) in [5, 5.41) is 35.0. The molecule has 1 aromatic heterocycles. The molecule has 3 aromatic rings. The minimum atomic E-state index is -0.863. The Morgan fingerprint density at radius 3 is 2.62 bits per heavy atom. The fourth-order valence-corrected chi connectivity index (χ4v) is 8.53. The number of benzene rings is 2. The lowest BCUT2D eigenvalue weighted by atomic mass is 9.74. The number of phenols is 2. The lowest BCUT2D eigenvalue weighted by Crippen LogP contribution is -2.47. The van der Waals surface area contributed by atoms with Crippen LogP contribution >= 0.6 is 11.3 Å². The van der Waals surface area contributed by atoms with E-state index in [1.54, 1.807) is 26.2 Å². The van der Waals surface area contributed by atoms with Gasteiger partial charge in [0.2, 0.25) is 17.6 Å². The van der Waals surface area contributed by atoms with E-state index in [9.17, 15) is 29.4 Å². The molecule has 4 aliphatic rings. The van der Waals surface area contributed by atoms with E-state index in [-0.39, 0.29) is 102 Å². The fraction of sp³-hybridized carbons (Fsp3) is 0.500. The van der Waals surface area contributed by atoms with Crippen LogP contribution in [0, 0.1) is 0 Å². The quantitative estimate of drug-likeness (QED) is 0.130. The van der Waals surface area contributed by atoms with Crippen molar-refractivity contribution in [1.29, 1.82) is 0 Å². The number of hydrogen-bond donors (Lipinski definition) is 5. The molecule has 0 spiro atoms. The van der Waals surface area contributed by atoms with Crippen LogP contribution in [0.4, 0.5) is 0 Å². The summed E-state index contributed by atoms with van der Waals surface area (Å²) in [6.07, 6.45) is -0.368. The number of aromatic nitrogens is 1. The summed E-state index contributed by atoms with van der Waals surface area (Å²) in [7, 11) is 4.66. The van der Waals surface area contributed by atoms with Crippen molar-refractivity contribution >= 4 is 34.7 Å². The van der Waals surface area contributed by atoms with Gasteiger partial charge in [-0.1, -0.05) is 12.1 Å². The first kappa shape index (κ1) is 38.8. The molecule has 17 heteroatoms. The Hall–Kier alpha value is -4.49. The summed E-state index contributed by atoms with van der Waals surface area (Å²) in [5.74, 6) is -2.81. The van der Waals surface area contributed by atoms with Gasteiger partial charge in [-0.15, -0.1) is 11.3 Å². The minimum absolute atomic E-state index is 0.0154. The second kappa shape index (κ2) is 16.7. The molecule has 5 N–H and O–H groups in total. The summed E-state index contributed by atoms with van der Waals surface area (Å²) >= 11 is 1.36. The molecule has 3 heterocycles. The van der Waals surface area contributed by atoms with Gasteiger partial charge >= 0.3 is 0 Å². The van der Waals surface area contributed by atoms with Gasteiger partial charge in [0.15, 0.2) is 12.1 Å². The number of amides is 2. The molecule has 1 unspecified atom stereocenters. The molecule has 2 aliphatic carbocycles. The number of ketones is 2. The van der Waals surface area contributed by atoms with Gasteiger partial charge in [-0.3, -0.25) is 24.5 Å². The van der Waals surface area contributed by atoms with Crippen molar-refractivity contribution < 1.29 is 53.1 Å². The maximum atomic E-state index is 14.1. The van der Waals surface area contributed by atoms with Gasteiger partial charge in [-0.05, 0) is 32.4 Å². The van der Waals surface area contributed by atoms with E-state index in [0.717, 1.165) is 0 Å². The Morgan fingerprint density at radius 1 is 1.07 bits per heavy atom.